The van der Waals surface area contributed by atoms with Crippen LogP contribution in [0.15, 0.2) is 36.5 Å². The van der Waals surface area contributed by atoms with Gasteiger partial charge in [0.15, 0.2) is 0 Å². The van der Waals surface area contributed by atoms with Crippen LogP contribution in [0.25, 0.3) is 0 Å². The number of ether oxygens (including phenoxy) is 1. The summed E-state index contributed by atoms with van der Waals surface area (Å²) in [6.07, 6.45) is 1.55. The third-order valence-corrected chi connectivity index (χ3v) is 4.32. The Balaban J connectivity index is 1.78. The molecule has 0 bridgehead atoms. The van der Waals surface area contributed by atoms with Gasteiger partial charge in [-0.2, -0.15) is 0 Å². The smallest absolute Gasteiger partial charge is 0.255 e. The SMILES string of the molecule is CC(c1ccc(OCCF)cc1)N1Cc2c(ccnc2Cl)C1=O. The number of carbonyl (C=O) groups excluding carboxylic acids is 1. The summed E-state index contributed by atoms with van der Waals surface area (Å²) >= 11 is 6.08. The van der Waals surface area contributed by atoms with E-state index in [1.807, 2.05) is 19.1 Å². The highest BCUT2D eigenvalue weighted by atomic mass is 35.5. The largest absolute Gasteiger partial charge is 0.491 e. The van der Waals surface area contributed by atoms with Crippen molar-refractivity contribution in [3.05, 3.63) is 58.4 Å². The zero-order valence-corrected chi connectivity index (χ0v) is 13.4. The first kappa shape index (κ1) is 15.7. The average Bonchev–Trinajstić information content (AvgIpc) is 2.91. The Kier molecular flexibility index (Phi) is 4.48. The molecule has 1 aliphatic heterocycles. The van der Waals surface area contributed by atoms with Crippen LogP contribution in [0.5, 0.6) is 5.75 Å². The Morgan fingerprint density at radius 2 is 2.09 bits per heavy atom. The molecule has 0 saturated carbocycles. The molecule has 23 heavy (non-hydrogen) atoms. The number of alkyl halides is 1. The van der Waals surface area contributed by atoms with Gasteiger partial charge in [-0.3, -0.25) is 4.79 Å². The summed E-state index contributed by atoms with van der Waals surface area (Å²) < 4.78 is 17.3. The van der Waals surface area contributed by atoms with Crippen molar-refractivity contribution in [3.8, 4) is 5.75 Å². The molecule has 1 aromatic carbocycles. The molecule has 6 heteroatoms. The number of rotatable bonds is 5. The number of aromatic nitrogens is 1. The third kappa shape index (κ3) is 3.01. The monoisotopic (exact) mass is 334 g/mol. The fourth-order valence-corrected chi connectivity index (χ4v) is 2.92. The fourth-order valence-electron chi connectivity index (χ4n) is 2.71. The lowest BCUT2D eigenvalue weighted by Crippen LogP contribution is -2.27. The van der Waals surface area contributed by atoms with E-state index in [4.69, 9.17) is 16.3 Å². The van der Waals surface area contributed by atoms with Crippen LogP contribution in [0.4, 0.5) is 4.39 Å². The van der Waals surface area contributed by atoms with E-state index in [1.165, 1.54) is 0 Å². The van der Waals surface area contributed by atoms with Crippen molar-refractivity contribution in [1.29, 1.82) is 0 Å². The Labute approximate surface area is 138 Å². The van der Waals surface area contributed by atoms with Crippen LogP contribution < -0.4 is 4.74 Å². The number of hydrogen-bond donors (Lipinski definition) is 0. The normalized spacial score (nSPS) is 14.7. The van der Waals surface area contributed by atoms with Gasteiger partial charge >= 0.3 is 0 Å². The summed E-state index contributed by atoms with van der Waals surface area (Å²) in [7, 11) is 0. The number of fused-ring (bicyclic) bond motifs is 1. The van der Waals surface area contributed by atoms with Crippen LogP contribution in [0, 0.1) is 0 Å². The first-order valence-electron chi connectivity index (χ1n) is 7.35. The molecule has 1 aromatic heterocycles. The number of halogens is 2. The van der Waals surface area contributed by atoms with E-state index in [9.17, 15) is 9.18 Å². The molecule has 0 fully saturated rings. The van der Waals surface area contributed by atoms with Gasteiger partial charge in [-0.15, -0.1) is 0 Å². The summed E-state index contributed by atoms with van der Waals surface area (Å²) in [6.45, 7) is 1.93. The third-order valence-electron chi connectivity index (χ3n) is 4.00. The maximum Gasteiger partial charge on any atom is 0.255 e. The summed E-state index contributed by atoms with van der Waals surface area (Å²) in [5.74, 6) is 0.566. The minimum absolute atomic E-state index is 0.0420. The summed E-state index contributed by atoms with van der Waals surface area (Å²) in [5.41, 5.74) is 2.36. The molecule has 0 N–H and O–H groups in total. The van der Waals surface area contributed by atoms with Gasteiger partial charge in [-0.25, -0.2) is 9.37 Å². The molecule has 0 spiro atoms. The molecule has 1 atom stereocenters. The van der Waals surface area contributed by atoms with Crippen LogP contribution in [-0.4, -0.2) is 29.1 Å². The zero-order chi connectivity index (χ0) is 16.4. The number of pyridine rings is 1. The van der Waals surface area contributed by atoms with E-state index >= 15 is 0 Å². The molecule has 120 valence electrons. The van der Waals surface area contributed by atoms with E-state index < -0.39 is 6.67 Å². The Morgan fingerprint density at radius 3 is 2.74 bits per heavy atom. The second kappa shape index (κ2) is 6.54. The van der Waals surface area contributed by atoms with Gasteiger partial charge in [0.05, 0.1) is 12.6 Å². The van der Waals surface area contributed by atoms with Crippen molar-refractivity contribution in [2.45, 2.75) is 19.5 Å². The highest BCUT2D eigenvalue weighted by Gasteiger charge is 2.33. The van der Waals surface area contributed by atoms with Gasteiger partial charge < -0.3 is 9.64 Å². The molecule has 3 rings (SSSR count). The van der Waals surface area contributed by atoms with Crippen molar-refractivity contribution < 1.29 is 13.9 Å². The molecule has 1 aliphatic rings. The molecule has 1 unspecified atom stereocenters. The van der Waals surface area contributed by atoms with Gasteiger partial charge in [0.1, 0.15) is 24.2 Å². The second-order valence-corrected chi connectivity index (χ2v) is 5.70. The predicted octanol–water partition coefficient (Wildman–Crippen LogP) is 3.80. The standard InChI is InChI=1S/C17H16ClFN2O2/c1-11(12-2-4-13(5-3-12)23-9-7-19)21-10-15-14(17(21)22)6-8-20-16(15)18/h2-6,8,11H,7,9-10H2,1H3. The molecule has 2 aromatic rings. The summed E-state index contributed by atoms with van der Waals surface area (Å²) in [5, 5.41) is 0.375. The minimum atomic E-state index is -0.520. The number of nitrogens with zero attached hydrogens (tertiary/aromatic N) is 2. The molecule has 4 nitrogen and oxygen atoms in total. The first-order chi connectivity index (χ1) is 11.1. The van der Waals surface area contributed by atoms with Crippen molar-refractivity contribution in [3.63, 3.8) is 0 Å². The molecule has 0 aliphatic carbocycles. The highest BCUT2D eigenvalue weighted by Crippen LogP contribution is 2.34. The fraction of sp³-hybridized carbons (Fsp3) is 0.294. The van der Waals surface area contributed by atoms with E-state index in [2.05, 4.69) is 4.98 Å². The van der Waals surface area contributed by atoms with Crippen molar-refractivity contribution in [2.75, 3.05) is 13.3 Å². The maximum atomic E-state index is 12.5. The molecular formula is C17H16ClFN2O2. The van der Waals surface area contributed by atoms with Gasteiger partial charge in [-0.05, 0) is 30.7 Å². The number of amides is 1. The van der Waals surface area contributed by atoms with Crippen molar-refractivity contribution in [2.24, 2.45) is 0 Å². The average molecular weight is 335 g/mol. The van der Waals surface area contributed by atoms with E-state index in [1.54, 1.807) is 29.3 Å². The lowest BCUT2D eigenvalue weighted by atomic mass is 10.1. The van der Waals surface area contributed by atoms with E-state index in [-0.39, 0.29) is 18.6 Å². The van der Waals surface area contributed by atoms with Crippen LogP contribution in [0.1, 0.15) is 34.5 Å². The second-order valence-electron chi connectivity index (χ2n) is 5.34. The zero-order valence-electron chi connectivity index (χ0n) is 12.6. The van der Waals surface area contributed by atoms with Crippen LogP contribution in [0.3, 0.4) is 0 Å². The van der Waals surface area contributed by atoms with Crippen LogP contribution >= 0.6 is 11.6 Å². The van der Waals surface area contributed by atoms with Crippen molar-refractivity contribution in [1.82, 2.24) is 9.88 Å². The molecular weight excluding hydrogens is 319 g/mol. The molecule has 1 amide bonds. The van der Waals surface area contributed by atoms with Gasteiger partial charge in [0, 0.05) is 17.3 Å². The number of benzene rings is 1. The molecule has 0 saturated heterocycles. The van der Waals surface area contributed by atoms with E-state index in [0.29, 0.717) is 23.0 Å². The van der Waals surface area contributed by atoms with Gasteiger partial charge in [-0.1, -0.05) is 23.7 Å². The highest BCUT2D eigenvalue weighted by molar-refractivity contribution is 6.30. The lowest BCUT2D eigenvalue weighted by Gasteiger charge is -2.24. The van der Waals surface area contributed by atoms with Crippen LogP contribution in [-0.2, 0) is 6.54 Å². The first-order valence-corrected chi connectivity index (χ1v) is 7.72. The minimum Gasteiger partial charge on any atom is -0.491 e. The topological polar surface area (TPSA) is 42.4 Å². The Hall–Kier alpha value is -2.14. The lowest BCUT2D eigenvalue weighted by molar-refractivity contribution is 0.0716. The predicted molar refractivity (Wildman–Crippen MR) is 85.4 cm³/mol. The quantitative estimate of drug-likeness (QED) is 0.781. The number of carbonyl (C=O) groups is 1. The van der Waals surface area contributed by atoms with E-state index in [0.717, 1.165) is 11.1 Å². The molecule has 2 heterocycles. The summed E-state index contributed by atoms with van der Waals surface area (Å²) in [4.78, 5) is 18.3. The van der Waals surface area contributed by atoms with Gasteiger partial charge in [0.25, 0.3) is 5.91 Å². The number of hydrogen-bond acceptors (Lipinski definition) is 3. The summed E-state index contributed by atoms with van der Waals surface area (Å²) in [6, 6.07) is 8.92. The Morgan fingerprint density at radius 1 is 1.35 bits per heavy atom. The maximum absolute atomic E-state index is 12.5. The van der Waals surface area contributed by atoms with Crippen LogP contribution in [0.2, 0.25) is 5.15 Å². The molecule has 0 radical (unpaired) electrons. The Bertz CT molecular complexity index is 721. The van der Waals surface area contributed by atoms with Crippen molar-refractivity contribution >= 4 is 17.5 Å². The van der Waals surface area contributed by atoms with Gasteiger partial charge in [0.2, 0.25) is 0 Å².